The van der Waals surface area contributed by atoms with E-state index >= 15 is 0 Å². The molecule has 0 aliphatic heterocycles. The summed E-state index contributed by atoms with van der Waals surface area (Å²) >= 11 is 0. The first-order valence-electron chi connectivity index (χ1n) is 12.2. The number of unbranched alkanes of at least 4 members (excludes halogenated alkanes) is 4. The molecule has 0 unspecified atom stereocenters. The first-order chi connectivity index (χ1) is 17.3. The van der Waals surface area contributed by atoms with Gasteiger partial charge in [0.05, 0.1) is 13.2 Å². The van der Waals surface area contributed by atoms with Crippen LogP contribution in [0.4, 0.5) is 13.2 Å². The van der Waals surface area contributed by atoms with Crippen molar-refractivity contribution in [1.82, 2.24) is 0 Å². The van der Waals surface area contributed by atoms with Gasteiger partial charge in [0, 0.05) is 5.56 Å². The van der Waals surface area contributed by atoms with Gasteiger partial charge in [0.15, 0.2) is 5.71 Å². The Hall–Kier alpha value is -3.16. The summed E-state index contributed by atoms with van der Waals surface area (Å²) in [4.78, 5) is 4.35. The summed E-state index contributed by atoms with van der Waals surface area (Å²) < 4.78 is 56.8. The van der Waals surface area contributed by atoms with Gasteiger partial charge < -0.3 is 19.0 Å². The molecule has 0 amide bonds. The van der Waals surface area contributed by atoms with E-state index in [0.717, 1.165) is 61.8 Å². The van der Waals surface area contributed by atoms with Crippen molar-refractivity contribution < 1.29 is 32.2 Å². The monoisotopic (exact) mass is 507 g/mol. The average Bonchev–Trinajstić information content (AvgIpc) is 2.82. The molecule has 0 heterocycles. The van der Waals surface area contributed by atoms with Crippen molar-refractivity contribution >= 4 is 5.71 Å². The Morgan fingerprint density at radius 3 is 2.11 bits per heavy atom. The van der Waals surface area contributed by atoms with Crippen LogP contribution >= 0.6 is 0 Å². The van der Waals surface area contributed by atoms with Crippen molar-refractivity contribution in [3.8, 4) is 17.2 Å². The van der Waals surface area contributed by atoms with Crippen molar-refractivity contribution in [3.05, 3.63) is 65.2 Å². The van der Waals surface area contributed by atoms with Crippen molar-refractivity contribution in [3.63, 3.8) is 0 Å². The number of benzene rings is 2. The molecular formula is C28H36F3NO4. The maximum atomic E-state index is 13.1. The number of alkyl halides is 3. The van der Waals surface area contributed by atoms with E-state index in [1.807, 2.05) is 45.1 Å². The van der Waals surface area contributed by atoms with Crippen molar-refractivity contribution in [2.24, 2.45) is 5.16 Å². The second kappa shape index (κ2) is 15.1. The Morgan fingerprint density at radius 1 is 0.861 bits per heavy atom. The Balaban J connectivity index is 1.66. The lowest BCUT2D eigenvalue weighted by atomic mass is 10.1. The van der Waals surface area contributed by atoms with Gasteiger partial charge in [-0.2, -0.15) is 13.2 Å². The molecule has 0 atom stereocenters. The van der Waals surface area contributed by atoms with Crippen molar-refractivity contribution in [1.29, 1.82) is 0 Å². The summed E-state index contributed by atoms with van der Waals surface area (Å²) in [5.74, 6) is 2.12. The summed E-state index contributed by atoms with van der Waals surface area (Å²) in [6.07, 6.45) is 4.10. The van der Waals surface area contributed by atoms with Gasteiger partial charge in [0.2, 0.25) is 0 Å². The van der Waals surface area contributed by atoms with Crippen LogP contribution in [0, 0.1) is 13.8 Å². The SMILES string of the molecule is C/C=C/COc1cc(C)c(OCCCCCCCOc2cccc(/C(=N/OC)C(F)(F)F)c2)c(C)c1. The molecule has 0 saturated heterocycles. The number of hydrogen-bond donors (Lipinski definition) is 0. The maximum Gasteiger partial charge on any atom is 0.437 e. The first-order valence-corrected chi connectivity index (χ1v) is 12.2. The number of nitrogens with zero attached hydrogens (tertiary/aromatic N) is 1. The number of hydrogen-bond acceptors (Lipinski definition) is 5. The lowest BCUT2D eigenvalue weighted by Gasteiger charge is -2.14. The molecule has 198 valence electrons. The summed E-state index contributed by atoms with van der Waals surface area (Å²) in [5.41, 5.74) is 0.935. The predicted octanol–water partition coefficient (Wildman–Crippen LogP) is 7.58. The lowest BCUT2D eigenvalue weighted by molar-refractivity contribution is -0.0608. The highest BCUT2D eigenvalue weighted by Crippen LogP contribution is 2.29. The molecule has 5 nitrogen and oxygen atoms in total. The molecule has 0 fully saturated rings. The van der Waals surface area contributed by atoms with Gasteiger partial charge in [-0.1, -0.05) is 48.7 Å². The molecule has 0 aliphatic rings. The molecule has 0 bridgehead atoms. The molecule has 0 radical (unpaired) electrons. The summed E-state index contributed by atoms with van der Waals surface area (Å²) in [6, 6.07) is 9.79. The molecular weight excluding hydrogens is 471 g/mol. The second-order valence-electron chi connectivity index (χ2n) is 8.38. The minimum atomic E-state index is -4.61. The van der Waals surface area contributed by atoms with E-state index < -0.39 is 11.9 Å². The van der Waals surface area contributed by atoms with Crippen LogP contribution in [-0.4, -0.2) is 38.8 Å². The molecule has 2 aromatic carbocycles. The van der Waals surface area contributed by atoms with Gasteiger partial charge in [-0.15, -0.1) is 0 Å². The van der Waals surface area contributed by atoms with Crippen LogP contribution in [0.5, 0.6) is 17.2 Å². The Labute approximate surface area is 211 Å². The molecule has 0 aromatic heterocycles. The quantitative estimate of drug-likeness (QED) is 0.108. The molecule has 2 aromatic rings. The third-order valence-corrected chi connectivity index (χ3v) is 5.38. The molecule has 0 N–H and O–H groups in total. The summed E-state index contributed by atoms with van der Waals surface area (Å²) in [7, 11) is 1.08. The van der Waals surface area contributed by atoms with Crippen LogP contribution in [0.2, 0.25) is 0 Å². The largest absolute Gasteiger partial charge is 0.494 e. The van der Waals surface area contributed by atoms with Crippen LogP contribution in [0.1, 0.15) is 55.7 Å². The number of halogens is 3. The van der Waals surface area contributed by atoms with E-state index in [1.165, 1.54) is 18.2 Å². The van der Waals surface area contributed by atoms with Crippen LogP contribution in [0.25, 0.3) is 0 Å². The topological polar surface area (TPSA) is 49.3 Å². The van der Waals surface area contributed by atoms with Gasteiger partial charge in [-0.3, -0.25) is 0 Å². The van der Waals surface area contributed by atoms with E-state index in [2.05, 4.69) is 9.99 Å². The van der Waals surface area contributed by atoms with Gasteiger partial charge in [-0.25, -0.2) is 0 Å². The molecule has 36 heavy (non-hydrogen) atoms. The van der Waals surface area contributed by atoms with Crippen molar-refractivity contribution in [2.45, 2.75) is 59.1 Å². The summed E-state index contributed by atoms with van der Waals surface area (Å²) in [5, 5.41) is 3.12. The second-order valence-corrected chi connectivity index (χ2v) is 8.38. The number of aryl methyl sites for hydroxylation is 2. The fraction of sp³-hybridized carbons (Fsp3) is 0.464. The third-order valence-electron chi connectivity index (χ3n) is 5.38. The molecule has 0 aliphatic carbocycles. The highest BCUT2D eigenvalue weighted by Gasteiger charge is 2.38. The maximum absolute atomic E-state index is 13.1. The molecule has 0 spiro atoms. The van der Waals surface area contributed by atoms with Gasteiger partial charge >= 0.3 is 6.18 Å². The van der Waals surface area contributed by atoms with Crippen LogP contribution in [0.15, 0.2) is 53.7 Å². The lowest BCUT2D eigenvalue weighted by Crippen LogP contribution is -2.24. The van der Waals surface area contributed by atoms with Gasteiger partial charge in [-0.05, 0) is 69.0 Å². The number of rotatable bonds is 15. The molecule has 2 rings (SSSR count). The zero-order chi connectivity index (χ0) is 26.4. The van der Waals surface area contributed by atoms with E-state index in [0.29, 0.717) is 25.6 Å². The fourth-order valence-electron chi connectivity index (χ4n) is 3.65. The Morgan fingerprint density at radius 2 is 1.50 bits per heavy atom. The Kier molecular flexibility index (Phi) is 12.2. The zero-order valence-electron chi connectivity index (χ0n) is 21.5. The van der Waals surface area contributed by atoms with E-state index in [9.17, 15) is 13.2 Å². The Bertz CT molecular complexity index is 980. The average molecular weight is 508 g/mol. The minimum Gasteiger partial charge on any atom is -0.494 e. The number of allylic oxidation sites excluding steroid dienone is 1. The summed E-state index contributed by atoms with van der Waals surface area (Å²) in [6.45, 7) is 7.64. The van der Waals surface area contributed by atoms with Crippen molar-refractivity contribution in [2.75, 3.05) is 26.9 Å². The first kappa shape index (κ1) is 29.1. The van der Waals surface area contributed by atoms with Gasteiger partial charge in [0.25, 0.3) is 0 Å². The number of ether oxygens (including phenoxy) is 3. The highest BCUT2D eigenvalue weighted by molar-refractivity contribution is 6.04. The van der Waals surface area contributed by atoms with Crippen LogP contribution in [-0.2, 0) is 4.84 Å². The fourth-order valence-corrected chi connectivity index (χ4v) is 3.65. The van der Waals surface area contributed by atoms with E-state index in [1.54, 1.807) is 6.07 Å². The predicted molar refractivity (Wildman–Crippen MR) is 136 cm³/mol. The van der Waals surface area contributed by atoms with Gasteiger partial charge in [0.1, 0.15) is 31.0 Å². The number of oxime groups is 1. The zero-order valence-corrected chi connectivity index (χ0v) is 21.5. The molecule has 0 saturated carbocycles. The normalized spacial score (nSPS) is 12.1. The van der Waals surface area contributed by atoms with Crippen LogP contribution < -0.4 is 14.2 Å². The molecule has 8 heteroatoms. The third kappa shape index (κ3) is 9.84. The van der Waals surface area contributed by atoms with E-state index in [-0.39, 0.29) is 5.56 Å². The van der Waals surface area contributed by atoms with Crippen LogP contribution in [0.3, 0.4) is 0 Å². The van der Waals surface area contributed by atoms with E-state index in [4.69, 9.17) is 14.2 Å². The smallest absolute Gasteiger partial charge is 0.437 e. The minimum absolute atomic E-state index is 0.0943. The standard InChI is InChI=1S/C28H36F3NO4/c1-5-6-15-35-25-18-21(2)26(22(3)19-25)36-17-11-9-7-8-10-16-34-24-14-12-13-23(20-24)27(32-33-4)28(29,30)31/h5-6,12-14,18-20H,7-11,15-17H2,1-4H3/b6-5+,32-27-. The highest BCUT2D eigenvalue weighted by atomic mass is 19.4.